The minimum absolute atomic E-state index is 0.733. The highest BCUT2D eigenvalue weighted by atomic mass is 32.1. The first kappa shape index (κ1) is 14.0. The van der Waals surface area contributed by atoms with Gasteiger partial charge in [-0.3, -0.25) is 4.90 Å². The van der Waals surface area contributed by atoms with Gasteiger partial charge < -0.3 is 9.64 Å². The first-order chi connectivity index (χ1) is 8.67. The molecule has 1 fully saturated rings. The summed E-state index contributed by atoms with van der Waals surface area (Å²) in [5, 5.41) is 2.29. The first-order valence-corrected chi connectivity index (χ1v) is 7.47. The van der Waals surface area contributed by atoms with Crippen LogP contribution in [-0.2, 0) is 17.8 Å². The molecule has 0 spiro atoms. The molecule has 0 N–H and O–H groups in total. The maximum absolute atomic E-state index is 5.24. The van der Waals surface area contributed by atoms with E-state index in [4.69, 9.17) is 4.74 Å². The maximum Gasteiger partial charge on any atom is 0.0503 e. The number of methoxy groups -OCH3 is 1. The van der Waals surface area contributed by atoms with E-state index in [9.17, 15) is 0 Å². The summed E-state index contributed by atoms with van der Waals surface area (Å²) in [6.07, 6.45) is 1.28. The van der Waals surface area contributed by atoms with Gasteiger partial charge in [-0.25, -0.2) is 0 Å². The van der Waals surface area contributed by atoms with Crippen LogP contribution < -0.4 is 0 Å². The monoisotopic (exact) mass is 268 g/mol. The van der Waals surface area contributed by atoms with Gasteiger partial charge in [0.2, 0.25) is 0 Å². The lowest BCUT2D eigenvalue weighted by Crippen LogP contribution is -2.20. The van der Waals surface area contributed by atoms with Crippen molar-refractivity contribution in [3.63, 3.8) is 0 Å². The Morgan fingerprint density at radius 2 is 2.33 bits per heavy atom. The van der Waals surface area contributed by atoms with E-state index in [1.165, 1.54) is 30.0 Å². The van der Waals surface area contributed by atoms with Crippen LogP contribution in [-0.4, -0.2) is 50.7 Å². The Bertz CT molecular complexity index is 364. The van der Waals surface area contributed by atoms with Gasteiger partial charge in [-0.1, -0.05) is 0 Å². The molecule has 1 aromatic heterocycles. The van der Waals surface area contributed by atoms with Gasteiger partial charge in [-0.15, -0.1) is 11.3 Å². The molecule has 18 heavy (non-hydrogen) atoms. The Kier molecular flexibility index (Phi) is 5.18. The quantitative estimate of drug-likeness (QED) is 0.787. The summed E-state index contributed by atoms with van der Waals surface area (Å²) >= 11 is 1.89. The first-order valence-electron chi connectivity index (χ1n) is 6.59. The second kappa shape index (κ2) is 6.66. The third-order valence-electron chi connectivity index (χ3n) is 3.36. The third kappa shape index (κ3) is 4.05. The van der Waals surface area contributed by atoms with Crippen LogP contribution in [0.2, 0.25) is 0 Å². The Labute approximate surface area is 114 Å². The number of hydrogen-bond acceptors (Lipinski definition) is 4. The number of thiophene rings is 1. The molecule has 3 nitrogen and oxygen atoms in total. The summed E-state index contributed by atoms with van der Waals surface area (Å²) in [6.45, 7) is 5.47. The zero-order chi connectivity index (χ0) is 13.0. The van der Waals surface area contributed by atoms with E-state index < -0.39 is 0 Å². The van der Waals surface area contributed by atoms with Gasteiger partial charge >= 0.3 is 0 Å². The molecule has 1 saturated heterocycles. The zero-order valence-corrected chi connectivity index (χ0v) is 12.5. The lowest BCUT2D eigenvalue weighted by Gasteiger charge is -2.14. The number of hydrogen-bond donors (Lipinski definition) is 0. The number of rotatable bonds is 6. The molecule has 1 unspecified atom stereocenters. The Hall–Kier alpha value is -0.420. The van der Waals surface area contributed by atoms with Crippen molar-refractivity contribution in [3.8, 4) is 0 Å². The van der Waals surface area contributed by atoms with Gasteiger partial charge in [0.05, 0.1) is 6.61 Å². The zero-order valence-electron chi connectivity index (χ0n) is 11.7. The van der Waals surface area contributed by atoms with E-state index in [0.717, 1.165) is 25.6 Å². The average Bonchev–Trinajstić information content (AvgIpc) is 2.89. The van der Waals surface area contributed by atoms with Crippen LogP contribution in [0.4, 0.5) is 0 Å². The van der Waals surface area contributed by atoms with Crippen molar-refractivity contribution >= 4 is 11.3 Å². The number of ether oxygens (including phenoxy) is 1. The smallest absolute Gasteiger partial charge is 0.0503 e. The molecule has 2 rings (SSSR count). The fraction of sp³-hybridized carbons (Fsp3) is 0.714. The van der Waals surface area contributed by atoms with Crippen molar-refractivity contribution in [3.05, 3.63) is 21.9 Å². The van der Waals surface area contributed by atoms with Gasteiger partial charge in [-0.05, 0) is 50.0 Å². The van der Waals surface area contributed by atoms with E-state index >= 15 is 0 Å². The molecule has 1 aromatic rings. The highest BCUT2D eigenvalue weighted by molar-refractivity contribution is 7.10. The van der Waals surface area contributed by atoms with E-state index in [2.05, 4.69) is 35.3 Å². The van der Waals surface area contributed by atoms with Crippen LogP contribution in [0.3, 0.4) is 0 Å². The molecule has 0 aliphatic carbocycles. The predicted molar refractivity (Wildman–Crippen MR) is 77.0 cm³/mol. The SMILES string of the molecule is COCC1CCN(Cc2cc(CN(C)C)cs2)C1. The van der Waals surface area contributed by atoms with Crippen molar-refractivity contribution in [1.82, 2.24) is 9.80 Å². The summed E-state index contributed by atoms with van der Waals surface area (Å²) in [7, 11) is 6.04. The molecule has 0 bridgehead atoms. The maximum atomic E-state index is 5.24. The second-order valence-electron chi connectivity index (χ2n) is 5.50. The lowest BCUT2D eigenvalue weighted by atomic mass is 10.1. The van der Waals surface area contributed by atoms with Crippen LogP contribution in [0.15, 0.2) is 11.4 Å². The highest BCUT2D eigenvalue weighted by Crippen LogP contribution is 2.22. The van der Waals surface area contributed by atoms with Crippen molar-refractivity contribution in [2.45, 2.75) is 19.5 Å². The lowest BCUT2D eigenvalue weighted by molar-refractivity contribution is 0.153. The summed E-state index contributed by atoms with van der Waals surface area (Å²) < 4.78 is 5.24. The van der Waals surface area contributed by atoms with Crippen molar-refractivity contribution in [1.29, 1.82) is 0 Å². The van der Waals surface area contributed by atoms with E-state index in [-0.39, 0.29) is 0 Å². The highest BCUT2D eigenvalue weighted by Gasteiger charge is 2.22. The normalized spacial score (nSPS) is 21.0. The molecule has 0 saturated carbocycles. The van der Waals surface area contributed by atoms with E-state index in [0.29, 0.717) is 0 Å². The van der Waals surface area contributed by atoms with Gasteiger partial charge in [-0.2, -0.15) is 0 Å². The standard InChI is InChI=1S/C14H24N2OS/c1-15(2)7-13-6-14(18-11-13)9-16-5-4-12(8-16)10-17-3/h6,11-12H,4-5,7-10H2,1-3H3. The molecule has 0 radical (unpaired) electrons. The minimum Gasteiger partial charge on any atom is -0.384 e. The fourth-order valence-electron chi connectivity index (χ4n) is 2.61. The van der Waals surface area contributed by atoms with Gasteiger partial charge in [0.1, 0.15) is 0 Å². The van der Waals surface area contributed by atoms with Crippen molar-refractivity contribution in [2.24, 2.45) is 5.92 Å². The molecule has 1 atom stereocenters. The summed E-state index contributed by atoms with van der Waals surface area (Å²) in [4.78, 5) is 6.26. The molecule has 4 heteroatoms. The Morgan fingerprint density at radius 3 is 3.06 bits per heavy atom. The van der Waals surface area contributed by atoms with Crippen LogP contribution in [0, 0.1) is 5.92 Å². The molecular formula is C14H24N2OS. The van der Waals surface area contributed by atoms with Crippen LogP contribution in [0.1, 0.15) is 16.9 Å². The molecule has 2 heterocycles. The van der Waals surface area contributed by atoms with Crippen LogP contribution in [0.25, 0.3) is 0 Å². The van der Waals surface area contributed by atoms with E-state index in [1.54, 1.807) is 7.11 Å². The minimum atomic E-state index is 0.733. The fourth-order valence-corrected chi connectivity index (χ4v) is 3.53. The number of nitrogens with zero attached hydrogens (tertiary/aromatic N) is 2. The second-order valence-corrected chi connectivity index (χ2v) is 6.50. The summed E-state index contributed by atoms with van der Waals surface area (Å²) in [5.74, 6) is 0.733. The van der Waals surface area contributed by atoms with Gasteiger partial charge in [0.15, 0.2) is 0 Å². The van der Waals surface area contributed by atoms with E-state index in [1.807, 2.05) is 11.3 Å². The van der Waals surface area contributed by atoms with Crippen LogP contribution >= 0.6 is 11.3 Å². The summed E-state index contributed by atoms with van der Waals surface area (Å²) in [6, 6.07) is 2.36. The average molecular weight is 268 g/mol. The third-order valence-corrected chi connectivity index (χ3v) is 4.33. The van der Waals surface area contributed by atoms with Gasteiger partial charge in [0.25, 0.3) is 0 Å². The molecular weight excluding hydrogens is 244 g/mol. The topological polar surface area (TPSA) is 15.7 Å². The van der Waals surface area contributed by atoms with Crippen LogP contribution in [0.5, 0.6) is 0 Å². The molecule has 1 aliphatic rings. The number of likely N-dealkylation sites (tertiary alicyclic amines) is 1. The molecule has 1 aliphatic heterocycles. The van der Waals surface area contributed by atoms with Crippen molar-refractivity contribution in [2.75, 3.05) is 40.9 Å². The van der Waals surface area contributed by atoms with Crippen molar-refractivity contribution < 1.29 is 4.74 Å². The predicted octanol–water partition coefficient (Wildman–Crippen LogP) is 2.28. The molecule has 0 amide bonds. The molecule has 0 aromatic carbocycles. The molecule has 102 valence electrons. The Morgan fingerprint density at radius 1 is 1.50 bits per heavy atom. The largest absolute Gasteiger partial charge is 0.384 e. The van der Waals surface area contributed by atoms with Gasteiger partial charge in [0, 0.05) is 31.6 Å². The Balaban J connectivity index is 1.81. The summed E-state index contributed by atoms with van der Waals surface area (Å²) in [5.41, 5.74) is 1.44.